The minimum absolute atomic E-state index is 0.147. The lowest BCUT2D eigenvalue weighted by Gasteiger charge is -2.30. The third-order valence-corrected chi connectivity index (χ3v) is 6.38. The molecule has 5 nitrogen and oxygen atoms in total. The van der Waals surface area contributed by atoms with Gasteiger partial charge in [0.05, 0.1) is 11.9 Å². The maximum Gasteiger partial charge on any atom is 0.243 e. The van der Waals surface area contributed by atoms with Crippen LogP contribution >= 0.6 is 0 Å². The summed E-state index contributed by atoms with van der Waals surface area (Å²) < 4.78 is 26.0. The van der Waals surface area contributed by atoms with Crippen LogP contribution in [0.4, 0.5) is 5.69 Å². The highest BCUT2D eigenvalue weighted by Crippen LogP contribution is 2.23. The molecule has 0 aromatic heterocycles. The van der Waals surface area contributed by atoms with E-state index in [1.165, 1.54) is 23.6 Å². The summed E-state index contributed by atoms with van der Waals surface area (Å²) in [5, 5.41) is 3.09. The minimum atomic E-state index is -3.56. The van der Waals surface area contributed by atoms with E-state index in [9.17, 15) is 13.2 Å². The van der Waals surface area contributed by atoms with Crippen molar-refractivity contribution < 1.29 is 13.2 Å². The maximum absolute atomic E-state index is 12.8. The highest BCUT2D eigenvalue weighted by Gasteiger charge is 2.30. The first-order valence-electron chi connectivity index (χ1n) is 9.71. The van der Waals surface area contributed by atoms with Gasteiger partial charge in [-0.1, -0.05) is 51.2 Å². The molecule has 1 aromatic carbocycles. The highest BCUT2D eigenvalue weighted by molar-refractivity contribution is 7.92. The van der Waals surface area contributed by atoms with Crippen LogP contribution in [0.3, 0.4) is 0 Å². The molecule has 0 aliphatic heterocycles. The lowest BCUT2D eigenvalue weighted by molar-refractivity contribution is -0.122. The molecule has 0 spiro atoms. The van der Waals surface area contributed by atoms with Gasteiger partial charge in [-0.3, -0.25) is 9.10 Å². The number of nitrogens with zero attached hydrogens (tertiary/aromatic N) is 1. The van der Waals surface area contributed by atoms with Crippen molar-refractivity contribution in [2.24, 2.45) is 0 Å². The Morgan fingerprint density at radius 3 is 2.15 bits per heavy atom. The quantitative estimate of drug-likeness (QED) is 0.819. The molecule has 1 atom stereocenters. The third-order valence-electron chi connectivity index (χ3n) is 5.14. The molecule has 0 saturated heterocycles. The van der Waals surface area contributed by atoms with Gasteiger partial charge in [-0.25, -0.2) is 8.42 Å². The Morgan fingerprint density at radius 1 is 1.12 bits per heavy atom. The molecule has 6 heteroatoms. The molecule has 26 heavy (non-hydrogen) atoms. The molecule has 1 aliphatic rings. The molecular weight excluding hydrogens is 348 g/mol. The van der Waals surface area contributed by atoms with Gasteiger partial charge in [0.15, 0.2) is 0 Å². The zero-order chi connectivity index (χ0) is 19.2. The van der Waals surface area contributed by atoms with Gasteiger partial charge in [0.25, 0.3) is 0 Å². The summed E-state index contributed by atoms with van der Waals surface area (Å²) in [6, 6.07) is 6.75. The topological polar surface area (TPSA) is 66.5 Å². The lowest BCUT2D eigenvalue weighted by atomic mass is 9.96. The van der Waals surface area contributed by atoms with Crippen LogP contribution in [0.5, 0.6) is 0 Å². The minimum Gasteiger partial charge on any atom is -0.352 e. The Balaban J connectivity index is 2.14. The van der Waals surface area contributed by atoms with Gasteiger partial charge in [0, 0.05) is 6.04 Å². The van der Waals surface area contributed by atoms with Gasteiger partial charge in [-0.15, -0.1) is 0 Å². The van der Waals surface area contributed by atoms with Crippen molar-refractivity contribution in [3.8, 4) is 0 Å². The summed E-state index contributed by atoms with van der Waals surface area (Å²) in [4.78, 5) is 12.8. The molecular formula is C20H32N2O3S. The smallest absolute Gasteiger partial charge is 0.243 e. The van der Waals surface area contributed by atoms with E-state index in [4.69, 9.17) is 0 Å². The fraction of sp³-hybridized carbons (Fsp3) is 0.650. The molecule has 1 unspecified atom stereocenters. The first-order valence-corrected chi connectivity index (χ1v) is 11.6. The summed E-state index contributed by atoms with van der Waals surface area (Å²) in [5.41, 5.74) is 1.67. The predicted octanol–water partition coefficient (Wildman–Crippen LogP) is 3.63. The second kappa shape index (κ2) is 9.40. The van der Waals surface area contributed by atoms with Gasteiger partial charge < -0.3 is 5.32 Å². The molecule has 0 bridgehead atoms. The number of hydrogen-bond acceptors (Lipinski definition) is 3. The Bertz CT molecular complexity index is 678. The fourth-order valence-electron chi connectivity index (χ4n) is 3.61. The monoisotopic (exact) mass is 380 g/mol. The lowest BCUT2D eigenvalue weighted by Crippen LogP contribution is -2.50. The number of nitrogens with one attached hydrogen (secondary N) is 1. The molecule has 1 saturated carbocycles. The van der Waals surface area contributed by atoms with E-state index in [1.807, 2.05) is 19.1 Å². The van der Waals surface area contributed by atoms with E-state index in [2.05, 4.69) is 5.32 Å². The van der Waals surface area contributed by atoms with Crippen molar-refractivity contribution in [3.63, 3.8) is 0 Å². The van der Waals surface area contributed by atoms with E-state index in [0.29, 0.717) is 5.69 Å². The number of anilines is 1. The summed E-state index contributed by atoms with van der Waals surface area (Å²) in [6.07, 6.45) is 9.92. The van der Waals surface area contributed by atoms with E-state index < -0.39 is 16.1 Å². The molecule has 1 N–H and O–H groups in total. The van der Waals surface area contributed by atoms with E-state index in [-0.39, 0.29) is 11.9 Å². The first kappa shape index (κ1) is 20.7. The van der Waals surface area contributed by atoms with Crippen LogP contribution in [-0.2, 0) is 21.2 Å². The Hall–Kier alpha value is -1.56. The van der Waals surface area contributed by atoms with Crippen LogP contribution in [0, 0.1) is 0 Å². The van der Waals surface area contributed by atoms with Crippen LogP contribution in [0.25, 0.3) is 0 Å². The number of amides is 1. The second-order valence-corrected chi connectivity index (χ2v) is 9.16. The van der Waals surface area contributed by atoms with E-state index >= 15 is 0 Å². The number of aryl methyl sites for hydroxylation is 1. The van der Waals surface area contributed by atoms with Crippen molar-refractivity contribution in [1.29, 1.82) is 0 Å². The standard InChI is InChI=1S/C20H32N2O3S/c1-4-17-12-14-19(15-13-17)22(26(3,24)25)16(2)20(23)21-18-10-8-6-5-7-9-11-18/h12-16,18H,4-11H2,1-3H3,(H,21,23). The Kier molecular flexibility index (Phi) is 7.50. The summed E-state index contributed by atoms with van der Waals surface area (Å²) in [5.74, 6) is -0.222. The zero-order valence-electron chi connectivity index (χ0n) is 16.2. The molecule has 1 fully saturated rings. The third kappa shape index (κ3) is 5.73. The first-order chi connectivity index (χ1) is 12.3. The van der Waals surface area contributed by atoms with Crippen molar-refractivity contribution in [1.82, 2.24) is 5.32 Å². The maximum atomic E-state index is 12.8. The van der Waals surface area contributed by atoms with Gasteiger partial charge >= 0.3 is 0 Å². The van der Waals surface area contributed by atoms with Crippen molar-refractivity contribution in [3.05, 3.63) is 29.8 Å². The number of sulfonamides is 1. The van der Waals surface area contributed by atoms with Gasteiger partial charge in [0.1, 0.15) is 6.04 Å². The molecule has 146 valence electrons. The van der Waals surface area contributed by atoms with Gasteiger partial charge in [-0.05, 0) is 43.9 Å². The molecule has 0 heterocycles. The van der Waals surface area contributed by atoms with E-state index in [1.54, 1.807) is 19.1 Å². The summed E-state index contributed by atoms with van der Waals surface area (Å²) in [6.45, 7) is 3.71. The van der Waals surface area contributed by atoms with E-state index in [0.717, 1.165) is 43.9 Å². The number of rotatable bonds is 6. The molecule has 0 radical (unpaired) electrons. The molecule has 1 aromatic rings. The Morgan fingerprint density at radius 2 is 1.65 bits per heavy atom. The van der Waals surface area contributed by atoms with Crippen molar-refractivity contribution in [2.75, 3.05) is 10.6 Å². The van der Waals surface area contributed by atoms with Crippen LogP contribution in [-0.4, -0.2) is 32.7 Å². The van der Waals surface area contributed by atoms with Gasteiger partial charge in [-0.2, -0.15) is 0 Å². The number of hydrogen-bond donors (Lipinski definition) is 1. The molecule has 2 rings (SSSR count). The number of carbonyl (C=O) groups is 1. The summed E-state index contributed by atoms with van der Waals surface area (Å²) in [7, 11) is -3.56. The average Bonchev–Trinajstić information content (AvgIpc) is 2.56. The second-order valence-electron chi connectivity index (χ2n) is 7.31. The average molecular weight is 381 g/mol. The largest absolute Gasteiger partial charge is 0.352 e. The van der Waals surface area contributed by atoms with Crippen LogP contribution in [0.1, 0.15) is 64.4 Å². The SMILES string of the molecule is CCc1ccc(N(C(C)C(=O)NC2CCCCCCC2)S(C)(=O)=O)cc1. The number of carbonyl (C=O) groups excluding carboxylic acids is 1. The predicted molar refractivity (Wildman–Crippen MR) is 107 cm³/mol. The van der Waals surface area contributed by atoms with Crippen LogP contribution in [0.2, 0.25) is 0 Å². The van der Waals surface area contributed by atoms with Gasteiger partial charge in [0.2, 0.25) is 15.9 Å². The highest BCUT2D eigenvalue weighted by atomic mass is 32.2. The molecule has 1 amide bonds. The van der Waals surface area contributed by atoms with Crippen molar-refractivity contribution >= 4 is 21.6 Å². The fourth-order valence-corrected chi connectivity index (χ4v) is 4.78. The molecule has 1 aliphatic carbocycles. The number of benzene rings is 1. The van der Waals surface area contributed by atoms with Crippen molar-refractivity contribution in [2.45, 2.75) is 77.3 Å². The zero-order valence-corrected chi connectivity index (χ0v) is 17.0. The normalized spacial score (nSPS) is 17.8. The van der Waals surface area contributed by atoms with Crippen LogP contribution < -0.4 is 9.62 Å². The van der Waals surface area contributed by atoms with Crippen LogP contribution in [0.15, 0.2) is 24.3 Å². The Labute approximate surface area is 158 Å². The summed E-state index contributed by atoms with van der Waals surface area (Å²) >= 11 is 0.